The molecule has 0 aromatic heterocycles. The van der Waals surface area contributed by atoms with Crippen LogP contribution in [-0.4, -0.2) is 85.2 Å². The van der Waals surface area contributed by atoms with Crippen molar-refractivity contribution in [2.24, 2.45) is 0 Å². The van der Waals surface area contributed by atoms with Gasteiger partial charge in [0.25, 0.3) is 0 Å². The van der Waals surface area contributed by atoms with E-state index in [1.54, 1.807) is 0 Å². The Morgan fingerprint density at radius 3 is 2.25 bits per heavy atom. The molecule has 20 heavy (non-hydrogen) atoms. The number of hydrogen-bond acceptors (Lipinski definition) is 5. The monoisotopic (exact) mass is 332 g/mol. The van der Waals surface area contributed by atoms with E-state index in [2.05, 4.69) is 16.7 Å². The molecule has 124 valence electrons. The minimum Gasteiger partial charge on any atom is -0.395 e. The second-order valence-electron chi connectivity index (χ2n) is 4.95. The standard InChI is InChI=1S/C13H28N2O3.2ClH/c1-2-3-10-18-12-13(17)11-15-6-4-14(5-7-15)8-9-16;;/h13,16-17H,2-12H2,1H3;2*1H. The van der Waals surface area contributed by atoms with Gasteiger partial charge in [0.2, 0.25) is 0 Å². The summed E-state index contributed by atoms with van der Waals surface area (Å²) in [5.74, 6) is 0. The Labute approximate surface area is 135 Å². The molecule has 1 heterocycles. The predicted octanol–water partition coefficient (Wildman–Crippen LogP) is 0.618. The molecule has 0 bridgehead atoms. The normalized spacial score (nSPS) is 18.1. The van der Waals surface area contributed by atoms with Crippen molar-refractivity contribution < 1.29 is 14.9 Å². The van der Waals surface area contributed by atoms with E-state index in [1.807, 2.05) is 0 Å². The Kier molecular flexibility index (Phi) is 16.2. The van der Waals surface area contributed by atoms with Gasteiger partial charge in [-0.2, -0.15) is 0 Å². The Morgan fingerprint density at radius 1 is 1.10 bits per heavy atom. The highest BCUT2D eigenvalue weighted by Gasteiger charge is 2.18. The number of ether oxygens (including phenoxy) is 1. The Hall–Kier alpha value is 0.380. The minimum absolute atomic E-state index is 0. The largest absolute Gasteiger partial charge is 0.395 e. The summed E-state index contributed by atoms with van der Waals surface area (Å²) < 4.78 is 5.42. The summed E-state index contributed by atoms with van der Waals surface area (Å²) in [6.45, 7) is 8.88. The molecular formula is C13H30Cl2N2O3. The first-order chi connectivity index (χ1) is 8.76. The fraction of sp³-hybridized carbons (Fsp3) is 1.00. The van der Waals surface area contributed by atoms with E-state index in [1.165, 1.54) is 0 Å². The SMILES string of the molecule is CCCCOCC(O)CN1CCN(CCO)CC1.Cl.Cl. The molecule has 1 fully saturated rings. The highest BCUT2D eigenvalue weighted by Crippen LogP contribution is 2.02. The number of unbranched alkanes of at least 4 members (excludes halogenated alkanes) is 1. The summed E-state index contributed by atoms with van der Waals surface area (Å²) in [4.78, 5) is 4.52. The minimum atomic E-state index is -0.383. The number of β-amino-alcohol motifs (C(OH)–C–C–N with tert-alkyl or cyclic N) is 2. The lowest BCUT2D eigenvalue weighted by molar-refractivity contribution is 0.00545. The fourth-order valence-corrected chi connectivity index (χ4v) is 2.15. The van der Waals surface area contributed by atoms with Crippen LogP contribution in [0.2, 0.25) is 0 Å². The maximum absolute atomic E-state index is 9.85. The van der Waals surface area contributed by atoms with E-state index in [0.29, 0.717) is 13.2 Å². The number of nitrogens with zero attached hydrogens (tertiary/aromatic N) is 2. The van der Waals surface area contributed by atoms with Crippen molar-refractivity contribution in [3.63, 3.8) is 0 Å². The summed E-state index contributed by atoms with van der Waals surface area (Å²) in [6.07, 6.45) is 1.81. The molecule has 1 unspecified atom stereocenters. The van der Waals surface area contributed by atoms with Gasteiger partial charge in [-0.15, -0.1) is 24.8 Å². The lowest BCUT2D eigenvalue weighted by atomic mass is 10.2. The first-order valence-corrected chi connectivity index (χ1v) is 7.07. The molecule has 0 amide bonds. The zero-order valence-electron chi connectivity index (χ0n) is 12.4. The number of aliphatic hydroxyl groups excluding tert-OH is 2. The first-order valence-electron chi connectivity index (χ1n) is 7.07. The predicted molar refractivity (Wildman–Crippen MR) is 86.2 cm³/mol. The molecule has 1 aliphatic heterocycles. The zero-order chi connectivity index (χ0) is 13.2. The number of rotatable bonds is 9. The highest BCUT2D eigenvalue weighted by molar-refractivity contribution is 5.85. The lowest BCUT2D eigenvalue weighted by Gasteiger charge is -2.35. The van der Waals surface area contributed by atoms with Crippen LogP contribution in [0.5, 0.6) is 0 Å². The van der Waals surface area contributed by atoms with Crippen molar-refractivity contribution in [1.29, 1.82) is 0 Å². The van der Waals surface area contributed by atoms with Gasteiger partial charge in [-0.1, -0.05) is 13.3 Å². The molecule has 1 atom stereocenters. The molecular weight excluding hydrogens is 303 g/mol. The molecule has 0 radical (unpaired) electrons. The van der Waals surface area contributed by atoms with Gasteiger partial charge in [0.1, 0.15) is 0 Å². The fourth-order valence-electron chi connectivity index (χ4n) is 2.15. The van der Waals surface area contributed by atoms with Gasteiger partial charge in [-0.05, 0) is 6.42 Å². The van der Waals surface area contributed by atoms with E-state index in [-0.39, 0.29) is 37.5 Å². The van der Waals surface area contributed by atoms with Crippen molar-refractivity contribution in [3.05, 3.63) is 0 Å². The van der Waals surface area contributed by atoms with E-state index in [0.717, 1.165) is 52.2 Å². The van der Waals surface area contributed by atoms with Crippen LogP contribution < -0.4 is 0 Å². The molecule has 1 aliphatic rings. The van der Waals surface area contributed by atoms with Crippen molar-refractivity contribution >= 4 is 24.8 Å². The average molecular weight is 333 g/mol. The Bertz CT molecular complexity index is 206. The summed E-state index contributed by atoms with van der Waals surface area (Å²) >= 11 is 0. The Morgan fingerprint density at radius 2 is 1.70 bits per heavy atom. The second-order valence-corrected chi connectivity index (χ2v) is 4.95. The number of hydrogen-bond donors (Lipinski definition) is 2. The summed E-state index contributed by atoms with van der Waals surface area (Å²) in [5, 5.41) is 18.7. The first kappa shape index (κ1) is 22.7. The van der Waals surface area contributed by atoms with Crippen LogP contribution in [0.25, 0.3) is 0 Å². The summed E-state index contributed by atoms with van der Waals surface area (Å²) in [7, 11) is 0. The second kappa shape index (κ2) is 14.3. The van der Waals surface area contributed by atoms with Gasteiger partial charge in [0.05, 0.1) is 19.3 Å². The van der Waals surface area contributed by atoms with Crippen molar-refractivity contribution in [1.82, 2.24) is 9.80 Å². The molecule has 5 nitrogen and oxygen atoms in total. The van der Waals surface area contributed by atoms with E-state index < -0.39 is 0 Å². The molecule has 7 heteroatoms. The van der Waals surface area contributed by atoms with Crippen LogP contribution in [0.3, 0.4) is 0 Å². The molecule has 0 aromatic carbocycles. The van der Waals surface area contributed by atoms with E-state index >= 15 is 0 Å². The third-order valence-electron chi connectivity index (χ3n) is 3.30. The van der Waals surface area contributed by atoms with Crippen LogP contribution in [0.4, 0.5) is 0 Å². The van der Waals surface area contributed by atoms with Crippen LogP contribution in [-0.2, 0) is 4.74 Å². The highest BCUT2D eigenvalue weighted by atomic mass is 35.5. The lowest BCUT2D eigenvalue weighted by Crippen LogP contribution is -2.49. The third-order valence-corrected chi connectivity index (χ3v) is 3.30. The maximum Gasteiger partial charge on any atom is 0.0900 e. The van der Waals surface area contributed by atoms with Gasteiger partial charge < -0.3 is 14.9 Å². The maximum atomic E-state index is 9.85. The van der Waals surface area contributed by atoms with Crippen LogP contribution in [0, 0.1) is 0 Å². The van der Waals surface area contributed by atoms with Crippen LogP contribution in [0.1, 0.15) is 19.8 Å². The molecule has 1 rings (SSSR count). The number of piperazine rings is 1. The smallest absolute Gasteiger partial charge is 0.0900 e. The molecule has 0 spiro atoms. The van der Waals surface area contributed by atoms with Gasteiger partial charge in [-0.3, -0.25) is 9.80 Å². The average Bonchev–Trinajstić information content (AvgIpc) is 2.37. The van der Waals surface area contributed by atoms with E-state index in [9.17, 15) is 5.11 Å². The molecule has 0 aromatic rings. The van der Waals surface area contributed by atoms with Crippen LogP contribution >= 0.6 is 24.8 Å². The Balaban J connectivity index is 0. The molecule has 1 saturated heterocycles. The van der Waals surface area contributed by atoms with Crippen molar-refractivity contribution in [3.8, 4) is 0 Å². The summed E-state index contributed by atoms with van der Waals surface area (Å²) in [6, 6.07) is 0. The third kappa shape index (κ3) is 10.2. The quantitative estimate of drug-likeness (QED) is 0.606. The van der Waals surface area contributed by atoms with Gasteiger partial charge in [0.15, 0.2) is 0 Å². The zero-order valence-corrected chi connectivity index (χ0v) is 14.0. The van der Waals surface area contributed by atoms with E-state index in [4.69, 9.17) is 9.84 Å². The summed E-state index contributed by atoms with van der Waals surface area (Å²) in [5.41, 5.74) is 0. The van der Waals surface area contributed by atoms with Gasteiger partial charge in [0, 0.05) is 45.9 Å². The van der Waals surface area contributed by atoms with Crippen molar-refractivity contribution in [2.45, 2.75) is 25.9 Å². The van der Waals surface area contributed by atoms with Crippen LogP contribution in [0.15, 0.2) is 0 Å². The van der Waals surface area contributed by atoms with Crippen molar-refractivity contribution in [2.75, 3.05) is 59.1 Å². The van der Waals surface area contributed by atoms with Gasteiger partial charge in [-0.25, -0.2) is 0 Å². The molecule has 2 N–H and O–H groups in total. The number of halogens is 2. The number of aliphatic hydroxyl groups is 2. The molecule has 0 saturated carbocycles. The topological polar surface area (TPSA) is 56.2 Å². The molecule has 0 aliphatic carbocycles. The van der Waals surface area contributed by atoms with Gasteiger partial charge >= 0.3 is 0 Å².